The van der Waals surface area contributed by atoms with Crippen LogP contribution in [0.2, 0.25) is 0 Å². The average Bonchev–Trinajstić information content (AvgIpc) is 3.21. The number of H-pyrrole nitrogens is 1. The van der Waals surface area contributed by atoms with Gasteiger partial charge in [0.15, 0.2) is 5.69 Å². The van der Waals surface area contributed by atoms with Crippen molar-refractivity contribution in [1.29, 1.82) is 0 Å². The molecule has 1 heterocycles. The van der Waals surface area contributed by atoms with Gasteiger partial charge in [0, 0.05) is 18.2 Å². The quantitative estimate of drug-likeness (QED) is 0.765. The normalized spacial score (nSPS) is 13.7. The fourth-order valence-electron chi connectivity index (χ4n) is 1.88. The lowest BCUT2D eigenvalue weighted by atomic mass is 10.2. The summed E-state index contributed by atoms with van der Waals surface area (Å²) in [7, 11) is 0. The number of aromatic nitrogens is 3. The zero-order chi connectivity index (χ0) is 14.7. The molecule has 108 valence electrons. The molecule has 7 nitrogen and oxygen atoms in total. The molecule has 21 heavy (non-hydrogen) atoms. The van der Waals surface area contributed by atoms with Gasteiger partial charge in [-0.25, -0.2) is 0 Å². The molecular weight excluding hydrogens is 270 g/mol. The van der Waals surface area contributed by atoms with Crippen molar-refractivity contribution < 1.29 is 9.59 Å². The summed E-state index contributed by atoms with van der Waals surface area (Å²) in [6.45, 7) is 0.391. The highest BCUT2D eigenvalue weighted by molar-refractivity contribution is 5.94. The van der Waals surface area contributed by atoms with E-state index in [1.54, 1.807) is 0 Å². The molecular formula is C14H15N5O2. The fourth-order valence-corrected chi connectivity index (χ4v) is 1.88. The molecule has 2 amide bonds. The third kappa shape index (κ3) is 3.44. The molecule has 0 spiro atoms. The smallest absolute Gasteiger partial charge is 0.273 e. The molecule has 3 N–H and O–H groups in total. The van der Waals surface area contributed by atoms with E-state index < -0.39 is 0 Å². The number of hydrogen-bond acceptors (Lipinski definition) is 4. The number of carbonyl (C=O) groups is 2. The molecule has 0 bridgehead atoms. The Labute approximate surface area is 121 Å². The number of benzene rings is 1. The van der Waals surface area contributed by atoms with Gasteiger partial charge < -0.3 is 10.6 Å². The average molecular weight is 285 g/mol. The number of anilines is 1. The van der Waals surface area contributed by atoms with E-state index in [9.17, 15) is 9.59 Å². The summed E-state index contributed by atoms with van der Waals surface area (Å²) in [6, 6.07) is 7.40. The van der Waals surface area contributed by atoms with Crippen molar-refractivity contribution in [2.75, 3.05) is 5.32 Å². The maximum atomic E-state index is 11.7. The van der Waals surface area contributed by atoms with E-state index in [0.717, 1.165) is 24.1 Å². The molecule has 0 saturated heterocycles. The summed E-state index contributed by atoms with van der Waals surface area (Å²) in [5.41, 5.74) is 1.97. The summed E-state index contributed by atoms with van der Waals surface area (Å²) in [4.78, 5) is 23.3. The van der Waals surface area contributed by atoms with E-state index >= 15 is 0 Å². The number of amides is 2. The molecule has 1 aromatic carbocycles. The first kappa shape index (κ1) is 13.3. The molecule has 0 radical (unpaired) electrons. The Morgan fingerprint density at radius 2 is 2.00 bits per heavy atom. The molecule has 1 aliphatic carbocycles. The highest BCUT2D eigenvalue weighted by atomic mass is 16.2. The van der Waals surface area contributed by atoms with Gasteiger partial charge in [0.2, 0.25) is 5.91 Å². The second kappa shape index (κ2) is 5.74. The van der Waals surface area contributed by atoms with Crippen LogP contribution in [-0.4, -0.2) is 27.2 Å². The van der Waals surface area contributed by atoms with Crippen LogP contribution in [0.1, 0.15) is 28.9 Å². The van der Waals surface area contributed by atoms with Gasteiger partial charge in [0.1, 0.15) is 0 Å². The Bertz CT molecular complexity index is 632. The largest absolute Gasteiger partial charge is 0.347 e. The zero-order valence-electron chi connectivity index (χ0n) is 11.3. The minimum atomic E-state index is -0.283. The van der Waals surface area contributed by atoms with E-state index in [-0.39, 0.29) is 23.4 Å². The number of nitrogens with zero attached hydrogens (tertiary/aromatic N) is 2. The van der Waals surface area contributed by atoms with Gasteiger partial charge in [0.05, 0.1) is 6.20 Å². The first-order valence-electron chi connectivity index (χ1n) is 6.76. The molecule has 1 aliphatic rings. The maximum Gasteiger partial charge on any atom is 0.273 e. The second-order valence-corrected chi connectivity index (χ2v) is 5.00. The SMILES string of the molecule is O=C(NCc1ccc(NC(=O)C2CC2)cc1)c1cn[nH]n1. The molecule has 0 aliphatic heterocycles. The molecule has 1 saturated carbocycles. The van der Waals surface area contributed by atoms with Crippen LogP contribution in [0.15, 0.2) is 30.5 Å². The van der Waals surface area contributed by atoms with Crippen molar-refractivity contribution in [3.8, 4) is 0 Å². The summed E-state index contributed by atoms with van der Waals surface area (Å²) >= 11 is 0. The topological polar surface area (TPSA) is 99.8 Å². The van der Waals surface area contributed by atoms with Crippen molar-refractivity contribution in [1.82, 2.24) is 20.7 Å². The minimum absolute atomic E-state index is 0.0853. The molecule has 1 fully saturated rings. The predicted octanol–water partition coefficient (Wildman–Crippen LogP) is 1.08. The van der Waals surface area contributed by atoms with E-state index in [0.29, 0.717) is 6.54 Å². The van der Waals surface area contributed by atoms with Crippen molar-refractivity contribution >= 4 is 17.5 Å². The van der Waals surface area contributed by atoms with Gasteiger partial charge in [-0.15, -0.1) is 0 Å². The van der Waals surface area contributed by atoms with Crippen LogP contribution in [0, 0.1) is 5.92 Å². The Kier molecular flexibility index (Phi) is 3.63. The molecule has 7 heteroatoms. The Hall–Kier alpha value is -2.70. The number of carbonyl (C=O) groups excluding carboxylic acids is 2. The van der Waals surface area contributed by atoms with Crippen LogP contribution in [0.25, 0.3) is 0 Å². The lowest BCUT2D eigenvalue weighted by Gasteiger charge is -2.06. The van der Waals surface area contributed by atoms with Crippen LogP contribution in [-0.2, 0) is 11.3 Å². The van der Waals surface area contributed by atoms with E-state index in [1.807, 2.05) is 24.3 Å². The standard InChI is InChI=1S/C14H15N5O2/c20-13(10-3-4-10)17-11-5-1-9(2-6-11)7-15-14(21)12-8-16-19-18-12/h1-2,5-6,8,10H,3-4,7H2,(H,15,21)(H,17,20)(H,16,18,19). The number of hydrogen-bond donors (Lipinski definition) is 3. The summed E-state index contributed by atoms with van der Waals surface area (Å²) in [5.74, 6) is -0.0108. The summed E-state index contributed by atoms with van der Waals surface area (Å²) < 4.78 is 0. The predicted molar refractivity (Wildman–Crippen MR) is 75.3 cm³/mol. The van der Waals surface area contributed by atoms with E-state index in [4.69, 9.17) is 0 Å². The third-order valence-corrected chi connectivity index (χ3v) is 3.27. The second-order valence-electron chi connectivity index (χ2n) is 5.00. The first-order chi connectivity index (χ1) is 10.2. The van der Waals surface area contributed by atoms with Gasteiger partial charge in [-0.1, -0.05) is 12.1 Å². The van der Waals surface area contributed by atoms with Crippen molar-refractivity contribution in [3.05, 3.63) is 41.7 Å². The molecule has 3 rings (SSSR count). The summed E-state index contributed by atoms with van der Waals surface area (Å²) in [6.07, 6.45) is 3.34. The molecule has 1 aromatic heterocycles. The molecule has 0 unspecified atom stereocenters. The third-order valence-electron chi connectivity index (χ3n) is 3.27. The Balaban J connectivity index is 1.52. The Morgan fingerprint density at radius 3 is 2.62 bits per heavy atom. The van der Waals surface area contributed by atoms with Gasteiger partial charge in [0.25, 0.3) is 5.91 Å². The monoisotopic (exact) mass is 285 g/mol. The maximum absolute atomic E-state index is 11.7. The van der Waals surface area contributed by atoms with Crippen LogP contribution in [0.5, 0.6) is 0 Å². The van der Waals surface area contributed by atoms with Crippen molar-refractivity contribution in [3.63, 3.8) is 0 Å². The molecule has 0 atom stereocenters. The zero-order valence-corrected chi connectivity index (χ0v) is 11.3. The Morgan fingerprint density at radius 1 is 1.24 bits per heavy atom. The fraction of sp³-hybridized carbons (Fsp3) is 0.286. The van der Waals surface area contributed by atoms with Crippen molar-refractivity contribution in [2.45, 2.75) is 19.4 Å². The van der Waals surface area contributed by atoms with E-state index in [1.165, 1.54) is 6.20 Å². The minimum Gasteiger partial charge on any atom is -0.347 e. The lowest BCUT2D eigenvalue weighted by molar-refractivity contribution is -0.117. The van der Waals surface area contributed by atoms with Gasteiger partial charge in [-0.05, 0) is 30.5 Å². The number of nitrogens with one attached hydrogen (secondary N) is 3. The van der Waals surface area contributed by atoms with Crippen LogP contribution in [0.3, 0.4) is 0 Å². The van der Waals surface area contributed by atoms with Gasteiger partial charge in [-0.2, -0.15) is 15.4 Å². The first-order valence-corrected chi connectivity index (χ1v) is 6.76. The van der Waals surface area contributed by atoms with Gasteiger partial charge >= 0.3 is 0 Å². The highest BCUT2D eigenvalue weighted by Crippen LogP contribution is 2.30. The van der Waals surface area contributed by atoms with Crippen LogP contribution < -0.4 is 10.6 Å². The number of rotatable bonds is 5. The van der Waals surface area contributed by atoms with E-state index in [2.05, 4.69) is 26.0 Å². The van der Waals surface area contributed by atoms with Gasteiger partial charge in [-0.3, -0.25) is 9.59 Å². The van der Waals surface area contributed by atoms with Crippen molar-refractivity contribution in [2.24, 2.45) is 5.92 Å². The molecule has 2 aromatic rings. The van der Waals surface area contributed by atoms with Crippen LogP contribution >= 0.6 is 0 Å². The van der Waals surface area contributed by atoms with Crippen LogP contribution in [0.4, 0.5) is 5.69 Å². The highest BCUT2D eigenvalue weighted by Gasteiger charge is 2.29. The number of aromatic amines is 1. The summed E-state index contributed by atoms with van der Waals surface area (Å²) in [5, 5.41) is 15.3. The lowest BCUT2D eigenvalue weighted by Crippen LogP contribution is -2.23.